The number of ether oxygens (including phenoxy) is 3. The summed E-state index contributed by atoms with van der Waals surface area (Å²) in [5.74, 6) is 1.81. The van der Waals surface area contributed by atoms with E-state index in [1.807, 2.05) is 20.8 Å². The summed E-state index contributed by atoms with van der Waals surface area (Å²) >= 11 is 0. The normalized spacial score (nSPS) is 16.4. The number of nitrogens with zero attached hydrogens (tertiary/aromatic N) is 2. The Labute approximate surface area is 194 Å². The fourth-order valence-electron chi connectivity index (χ4n) is 3.58. The maximum atomic E-state index is 12.6. The van der Waals surface area contributed by atoms with Crippen LogP contribution >= 0.6 is 0 Å². The van der Waals surface area contributed by atoms with Crippen LogP contribution in [0.3, 0.4) is 0 Å². The van der Waals surface area contributed by atoms with E-state index in [4.69, 9.17) is 25.2 Å². The number of nitrogens with two attached hydrogens (primary N) is 1. The molecule has 9 nitrogen and oxygen atoms in total. The minimum atomic E-state index is -0.541. The van der Waals surface area contributed by atoms with E-state index >= 15 is 0 Å². The Bertz CT molecular complexity index is 985. The van der Waals surface area contributed by atoms with Crippen LogP contribution < -0.4 is 20.5 Å². The van der Waals surface area contributed by atoms with Gasteiger partial charge in [0.1, 0.15) is 17.1 Å². The molecule has 1 heterocycles. The van der Waals surface area contributed by atoms with Gasteiger partial charge in [-0.3, -0.25) is 0 Å². The standard InChI is InChI=1S/C24H32N4O5/c1-24(2,3)33-23(29)28-13-5-6-17(28)15-26-20-12-7-16(22(25)27-30)14-21(20)32-19-10-8-18(31-4)9-11-19/h7-12,14,17,26,30H,5-6,13,15H2,1-4H3,(H2,25,27)/t17-/m0/s1. The number of rotatable bonds is 7. The Balaban J connectivity index is 1.77. The third kappa shape index (κ3) is 6.44. The highest BCUT2D eigenvalue weighted by Crippen LogP contribution is 2.32. The molecule has 1 atom stereocenters. The highest BCUT2D eigenvalue weighted by atomic mass is 16.6. The highest BCUT2D eigenvalue weighted by molar-refractivity contribution is 5.98. The van der Waals surface area contributed by atoms with E-state index < -0.39 is 5.60 Å². The Morgan fingerprint density at radius 2 is 1.91 bits per heavy atom. The number of amidine groups is 1. The molecule has 1 fully saturated rings. The number of oxime groups is 1. The molecule has 4 N–H and O–H groups in total. The number of nitrogens with one attached hydrogen (secondary N) is 1. The third-order valence-electron chi connectivity index (χ3n) is 5.21. The number of amides is 1. The van der Waals surface area contributed by atoms with Gasteiger partial charge >= 0.3 is 6.09 Å². The zero-order valence-corrected chi connectivity index (χ0v) is 19.5. The molecule has 2 aromatic rings. The summed E-state index contributed by atoms with van der Waals surface area (Å²) in [6, 6.07) is 12.4. The molecule has 33 heavy (non-hydrogen) atoms. The lowest BCUT2D eigenvalue weighted by atomic mass is 10.1. The first-order valence-electron chi connectivity index (χ1n) is 10.9. The number of anilines is 1. The fourth-order valence-corrected chi connectivity index (χ4v) is 3.58. The molecule has 0 bridgehead atoms. The number of benzene rings is 2. The van der Waals surface area contributed by atoms with Crippen LogP contribution in [0.4, 0.5) is 10.5 Å². The second-order valence-electron chi connectivity index (χ2n) is 8.82. The molecule has 1 aliphatic heterocycles. The summed E-state index contributed by atoms with van der Waals surface area (Å²) in [5, 5.41) is 15.5. The molecule has 0 saturated carbocycles. The molecule has 1 saturated heterocycles. The molecule has 0 spiro atoms. The Morgan fingerprint density at radius 3 is 2.55 bits per heavy atom. The first-order valence-corrected chi connectivity index (χ1v) is 10.9. The van der Waals surface area contributed by atoms with Crippen molar-refractivity contribution in [3.05, 3.63) is 48.0 Å². The lowest BCUT2D eigenvalue weighted by molar-refractivity contribution is 0.0235. The van der Waals surface area contributed by atoms with Gasteiger partial charge in [0, 0.05) is 18.7 Å². The number of hydrogen-bond acceptors (Lipinski definition) is 7. The van der Waals surface area contributed by atoms with Crippen LogP contribution in [0.1, 0.15) is 39.2 Å². The minimum absolute atomic E-state index is 0.00237. The Morgan fingerprint density at radius 1 is 1.21 bits per heavy atom. The second-order valence-corrected chi connectivity index (χ2v) is 8.82. The molecule has 0 unspecified atom stereocenters. The quantitative estimate of drug-likeness (QED) is 0.245. The third-order valence-corrected chi connectivity index (χ3v) is 5.21. The molecule has 0 aliphatic carbocycles. The fraction of sp³-hybridized carbons (Fsp3) is 0.417. The average molecular weight is 457 g/mol. The maximum absolute atomic E-state index is 12.6. The summed E-state index contributed by atoms with van der Waals surface area (Å²) in [6.45, 7) is 6.78. The number of carbonyl (C=O) groups is 1. The zero-order valence-electron chi connectivity index (χ0n) is 19.5. The van der Waals surface area contributed by atoms with E-state index in [9.17, 15) is 4.79 Å². The van der Waals surface area contributed by atoms with Crippen LogP contribution in [0.5, 0.6) is 17.2 Å². The van der Waals surface area contributed by atoms with E-state index in [1.54, 1.807) is 54.5 Å². The maximum Gasteiger partial charge on any atom is 0.410 e. The molecule has 1 aliphatic rings. The van der Waals surface area contributed by atoms with Crippen molar-refractivity contribution in [3.63, 3.8) is 0 Å². The van der Waals surface area contributed by atoms with Gasteiger partial charge in [0.2, 0.25) is 0 Å². The topological polar surface area (TPSA) is 119 Å². The van der Waals surface area contributed by atoms with Crippen molar-refractivity contribution < 1.29 is 24.2 Å². The van der Waals surface area contributed by atoms with Gasteiger partial charge in [-0.25, -0.2) is 4.79 Å². The van der Waals surface area contributed by atoms with Crippen molar-refractivity contribution in [1.29, 1.82) is 0 Å². The predicted octanol–water partition coefficient (Wildman–Crippen LogP) is 4.39. The zero-order chi connectivity index (χ0) is 24.0. The Kier molecular flexibility index (Phi) is 7.52. The summed E-state index contributed by atoms with van der Waals surface area (Å²) in [7, 11) is 1.60. The van der Waals surface area contributed by atoms with E-state index in [-0.39, 0.29) is 18.0 Å². The van der Waals surface area contributed by atoms with Gasteiger partial charge in [-0.2, -0.15) is 0 Å². The van der Waals surface area contributed by atoms with E-state index in [2.05, 4.69) is 10.5 Å². The molecule has 9 heteroatoms. The van der Waals surface area contributed by atoms with E-state index in [0.717, 1.165) is 24.3 Å². The molecule has 3 rings (SSSR count). The van der Waals surface area contributed by atoms with Crippen molar-refractivity contribution in [2.75, 3.05) is 25.5 Å². The first-order chi connectivity index (χ1) is 15.7. The van der Waals surface area contributed by atoms with Crippen LogP contribution in [0.25, 0.3) is 0 Å². The van der Waals surface area contributed by atoms with E-state index in [1.165, 1.54) is 0 Å². The molecular weight excluding hydrogens is 424 g/mol. The SMILES string of the molecule is COc1ccc(Oc2cc(/C(N)=N/O)ccc2NC[C@@H]2CCCN2C(=O)OC(C)(C)C)cc1. The van der Waals surface area contributed by atoms with Crippen LogP contribution in [-0.4, -0.2) is 53.9 Å². The summed E-state index contributed by atoms with van der Waals surface area (Å²) < 4.78 is 16.8. The molecule has 0 radical (unpaired) electrons. The summed E-state index contributed by atoms with van der Waals surface area (Å²) in [6.07, 6.45) is 1.50. The summed E-state index contributed by atoms with van der Waals surface area (Å²) in [5.41, 5.74) is 6.46. The van der Waals surface area contributed by atoms with Gasteiger partial charge in [0.15, 0.2) is 11.6 Å². The van der Waals surface area contributed by atoms with Gasteiger partial charge in [0.05, 0.1) is 18.8 Å². The number of hydrogen-bond donors (Lipinski definition) is 3. The van der Waals surface area contributed by atoms with Crippen LogP contribution in [-0.2, 0) is 4.74 Å². The van der Waals surface area contributed by atoms with Gasteiger partial charge in [-0.05, 0) is 76.1 Å². The van der Waals surface area contributed by atoms with Crippen LogP contribution in [0.2, 0.25) is 0 Å². The lowest BCUT2D eigenvalue weighted by Gasteiger charge is -2.29. The number of likely N-dealkylation sites (tertiary alicyclic amines) is 1. The largest absolute Gasteiger partial charge is 0.497 e. The molecule has 178 valence electrons. The minimum Gasteiger partial charge on any atom is -0.497 e. The first kappa shape index (κ1) is 24.0. The smallest absolute Gasteiger partial charge is 0.410 e. The van der Waals surface area contributed by atoms with Crippen molar-refractivity contribution in [2.24, 2.45) is 10.9 Å². The van der Waals surface area contributed by atoms with Gasteiger partial charge in [0.25, 0.3) is 0 Å². The molecule has 0 aromatic heterocycles. The Hall–Kier alpha value is -3.62. The monoisotopic (exact) mass is 456 g/mol. The van der Waals surface area contributed by atoms with Crippen molar-refractivity contribution in [3.8, 4) is 17.2 Å². The number of carbonyl (C=O) groups excluding carboxylic acids is 1. The summed E-state index contributed by atoms with van der Waals surface area (Å²) in [4.78, 5) is 14.4. The molecular formula is C24H32N4O5. The van der Waals surface area contributed by atoms with Gasteiger partial charge in [-0.15, -0.1) is 0 Å². The average Bonchev–Trinajstić information content (AvgIpc) is 3.26. The van der Waals surface area contributed by atoms with Gasteiger partial charge < -0.3 is 35.4 Å². The van der Waals surface area contributed by atoms with Crippen molar-refractivity contribution in [2.45, 2.75) is 45.3 Å². The highest BCUT2D eigenvalue weighted by Gasteiger charge is 2.32. The van der Waals surface area contributed by atoms with Crippen LogP contribution in [0, 0.1) is 0 Å². The van der Waals surface area contributed by atoms with Gasteiger partial charge in [-0.1, -0.05) is 5.16 Å². The van der Waals surface area contributed by atoms with E-state index in [0.29, 0.717) is 30.2 Å². The van der Waals surface area contributed by atoms with Crippen molar-refractivity contribution in [1.82, 2.24) is 4.90 Å². The predicted molar refractivity (Wildman–Crippen MR) is 126 cm³/mol. The molecule has 1 amide bonds. The molecule has 2 aromatic carbocycles. The second kappa shape index (κ2) is 10.3. The van der Waals surface area contributed by atoms with Crippen LogP contribution in [0.15, 0.2) is 47.6 Å². The number of methoxy groups -OCH3 is 1. The lowest BCUT2D eigenvalue weighted by Crippen LogP contribution is -2.42. The van der Waals surface area contributed by atoms with Crippen molar-refractivity contribution >= 4 is 17.6 Å².